The van der Waals surface area contributed by atoms with Crippen LogP contribution < -0.4 is 20.4 Å². The lowest BCUT2D eigenvalue weighted by molar-refractivity contribution is -0.117. The molecule has 0 unspecified atom stereocenters. The van der Waals surface area contributed by atoms with Gasteiger partial charge in [0.2, 0.25) is 0 Å². The van der Waals surface area contributed by atoms with E-state index < -0.39 is 17.8 Å². The molecule has 224 valence electrons. The Bertz CT molecular complexity index is 1650. The van der Waals surface area contributed by atoms with Crippen molar-refractivity contribution in [1.29, 1.82) is 0 Å². The van der Waals surface area contributed by atoms with E-state index in [0.29, 0.717) is 22.4 Å². The molecule has 0 aliphatic carbocycles. The lowest BCUT2D eigenvalue weighted by atomic mass is 9.87. The first kappa shape index (κ1) is 31.4. The number of nitrogens with zero attached hydrogens (tertiary/aromatic N) is 2. The molecule has 4 aromatic rings. The number of anilines is 1. The van der Waals surface area contributed by atoms with Crippen LogP contribution in [0, 0.1) is 0 Å². The lowest BCUT2D eigenvalue weighted by Gasteiger charge is -2.18. The van der Waals surface area contributed by atoms with Crippen molar-refractivity contribution in [2.45, 2.75) is 26.2 Å². The van der Waals surface area contributed by atoms with Crippen LogP contribution in [0.15, 0.2) is 114 Å². The van der Waals surface area contributed by atoms with Gasteiger partial charge in [-0.1, -0.05) is 63.2 Å². The summed E-state index contributed by atoms with van der Waals surface area (Å²) in [4.78, 5) is 40.5. The summed E-state index contributed by atoms with van der Waals surface area (Å²) in [5.41, 5.74) is 6.90. The molecule has 2 N–H and O–H groups in total. The molecule has 8 nitrogen and oxygen atoms in total. The molecule has 0 aliphatic rings. The smallest absolute Gasteiger partial charge is 0.343 e. The first-order chi connectivity index (χ1) is 21.0. The van der Waals surface area contributed by atoms with E-state index >= 15 is 0 Å². The molecular formula is C36H36N4O4. The van der Waals surface area contributed by atoms with Crippen molar-refractivity contribution in [2.24, 2.45) is 5.10 Å². The van der Waals surface area contributed by atoms with Gasteiger partial charge in [-0.3, -0.25) is 9.59 Å². The standard InChI is InChI=1S/C36H36N4O4/c1-36(2,3)29-17-15-28(16-18-29)35(43)44-31-21-13-26(14-22-31)24-37-39-34(42)32(38-33(41)27-9-7-6-8-10-27)23-25-11-19-30(20-12-25)40(4)5/h6-24H,1-5H3,(H,38,41)(H,39,42). The summed E-state index contributed by atoms with van der Waals surface area (Å²) in [6, 6.07) is 30.3. The Labute approximate surface area is 258 Å². The zero-order valence-electron chi connectivity index (χ0n) is 25.5. The zero-order valence-corrected chi connectivity index (χ0v) is 25.5. The van der Waals surface area contributed by atoms with E-state index in [1.807, 2.05) is 61.5 Å². The molecule has 0 saturated heterocycles. The van der Waals surface area contributed by atoms with E-state index in [1.54, 1.807) is 66.7 Å². The highest BCUT2D eigenvalue weighted by Gasteiger charge is 2.16. The summed E-state index contributed by atoms with van der Waals surface area (Å²) in [5, 5.41) is 6.75. The van der Waals surface area contributed by atoms with Gasteiger partial charge in [-0.2, -0.15) is 5.10 Å². The summed E-state index contributed by atoms with van der Waals surface area (Å²) in [5.74, 6) is -1.08. The Morgan fingerprint density at radius 3 is 1.95 bits per heavy atom. The maximum Gasteiger partial charge on any atom is 0.343 e. The largest absolute Gasteiger partial charge is 0.423 e. The van der Waals surface area contributed by atoms with Gasteiger partial charge in [0.15, 0.2) is 0 Å². The highest BCUT2D eigenvalue weighted by Crippen LogP contribution is 2.23. The molecule has 0 atom stereocenters. The summed E-state index contributed by atoms with van der Waals surface area (Å²) < 4.78 is 5.50. The van der Waals surface area contributed by atoms with Gasteiger partial charge in [0.05, 0.1) is 11.8 Å². The number of hydrogen-bond donors (Lipinski definition) is 2. The molecule has 2 amide bonds. The van der Waals surface area contributed by atoms with Crippen molar-refractivity contribution < 1.29 is 19.1 Å². The van der Waals surface area contributed by atoms with Crippen LogP contribution in [0.25, 0.3) is 6.08 Å². The van der Waals surface area contributed by atoms with Crippen molar-refractivity contribution in [3.63, 3.8) is 0 Å². The molecule has 0 radical (unpaired) electrons. The molecule has 0 fully saturated rings. The summed E-state index contributed by atoms with van der Waals surface area (Å²) in [6.45, 7) is 6.34. The van der Waals surface area contributed by atoms with E-state index in [2.05, 4.69) is 36.6 Å². The number of hydrogen-bond acceptors (Lipinski definition) is 6. The van der Waals surface area contributed by atoms with Crippen LogP contribution in [0.5, 0.6) is 5.75 Å². The van der Waals surface area contributed by atoms with E-state index in [-0.39, 0.29) is 11.1 Å². The van der Waals surface area contributed by atoms with Crippen molar-refractivity contribution in [3.05, 3.63) is 137 Å². The molecule has 4 aromatic carbocycles. The van der Waals surface area contributed by atoms with Crippen LogP contribution in [-0.2, 0) is 10.2 Å². The number of benzene rings is 4. The van der Waals surface area contributed by atoms with Crippen LogP contribution in [0.4, 0.5) is 5.69 Å². The molecule has 0 saturated carbocycles. The molecule has 4 rings (SSSR count). The van der Waals surface area contributed by atoms with E-state index in [0.717, 1.165) is 16.8 Å². The van der Waals surface area contributed by atoms with Gasteiger partial charge in [-0.05, 0) is 88.8 Å². The normalized spacial score (nSPS) is 11.6. The number of ether oxygens (including phenoxy) is 1. The molecule has 0 aromatic heterocycles. The first-order valence-electron chi connectivity index (χ1n) is 14.1. The number of carbonyl (C=O) groups is 3. The fourth-order valence-electron chi connectivity index (χ4n) is 4.10. The van der Waals surface area contributed by atoms with Crippen LogP contribution >= 0.6 is 0 Å². The highest BCUT2D eigenvalue weighted by atomic mass is 16.5. The molecule has 44 heavy (non-hydrogen) atoms. The van der Waals surface area contributed by atoms with E-state index in [4.69, 9.17) is 4.74 Å². The molecule has 0 heterocycles. The van der Waals surface area contributed by atoms with Gasteiger partial charge in [0, 0.05) is 25.3 Å². The van der Waals surface area contributed by atoms with Crippen LogP contribution in [0.2, 0.25) is 0 Å². The van der Waals surface area contributed by atoms with Crippen LogP contribution in [0.1, 0.15) is 58.2 Å². The molecule has 0 aliphatic heterocycles. The lowest BCUT2D eigenvalue weighted by Crippen LogP contribution is -2.32. The summed E-state index contributed by atoms with van der Waals surface area (Å²) >= 11 is 0. The summed E-state index contributed by atoms with van der Waals surface area (Å²) in [7, 11) is 3.88. The predicted octanol–water partition coefficient (Wildman–Crippen LogP) is 6.19. The fraction of sp³-hybridized carbons (Fsp3) is 0.167. The van der Waals surface area contributed by atoms with Crippen molar-refractivity contribution in [2.75, 3.05) is 19.0 Å². The molecular weight excluding hydrogens is 552 g/mol. The minimum atomic E-state index is -0.592. The SMILES string of the molecule is CN(C)c1ccc(C=C(NC(=O)c2ccccc2)C(=O)NN=Cc2ccc(OC(=O)c3ccc(C(C)(C)C)cc3)cc2)cc1. The average Bonchev–Trinajstić information content (AvgIpc) is 3.01. The average molecular weight is 589 g/mol. The van der Waals surface area contributed by atoms with E-state index in [1.165, 1.54) is 6.21 Å². The van der Waals surface area contributed by atoms with Gasteiger partial charge in [-0.15, -0.1) is 0 Å². The molecule has 0 spiro atoms. The fourth-order valence-corrected chi connectivity index (χ4v) is 4.10. The Morgan fingerprint density at radius 2 is 1.36 bits per heavy atom. The number of rotatable bonds is 9. The van der Waals surface area contributed by atoms with Gasteiger partial charge < -0.3 is 15.0 Å². The summed E-state index contributed by atoms with van der Waals surface area (Å²) in [6.07, 6.45) is 3.04. The minimum Gasteiger partial charge on any atom is -0.423 e. The van der Waals surface area contributed by atoms with Crippen molar-refractivity contribution >= 4 is 35.8 Å². The highest BCUT2D eigenvalue weighted by molar-refractivity contribution is 6.05. The van der Waals surface area contributed by atoms with Gasteiger partial charge >= 0.3 is 5.97 Å². The number of esters is 1. The third-order valence-corrected chi connectivity index (χ3v) is 6.71. The minimum absolute atomic E-state index is 0.00845. The van der Waals surface area contributed by atoms with Crippen LogP contribution in [0.3, 0.4) is 0 Å². The van der Waals surface area contributed by atoms with Gasteiger partial charge in [-0.25, -0.2) is 10.2 Å². The topological polar surface area (TPSA) is 100 Å². The maximum atomic E-state index is 13.1. The van der Waals surface area contributed by atoms with Crippen LogP contribution in [-0.4, -0.2) is 38.1 Å². The second-order valence-electron chi connectivity index (χ2n) is 11.3. The maximum absolute atomic E-state index is 13.1. The zero-order chi connectivity index (χ0) is 31.7. The number of amides is 2. The Balaban J connectivity index is 1.41. The molecule has 0 bridgehead atoms. The monoisotopic (exact) mass is 588 g/mol. The predicted molar refractivity (Wildman–Crippen MR) is 175 cm³/mol. The Hall–Kier alpha value is -5.50. The second kappa shape index (κ2) is 14.1. The van der Waals surface area contributed by atoms with Crippen molar-refractivity contribution in [3.8, 4) is 5.75 Å². The third kappa shape index (κ3) is 8.75. The number of hydrazone groups is 1. The molecule has 8 heteroatoms. The van der Waals surface area contributed by atoms with Crippen molar-refractivity contribution in [1.82, 2.24) is 10.7 Å². The van der Waals surface area contributed by atoms with E-state index in [9.17, 15) is 14.4 Å². The van der Waals surface area contributed by atoms with Gasteiger partial charge in [0.25, 0.3) is 11.8 Å². The Morgan fingerprint density at radius 1 is 0.750 bits per heavy atom. The number of nitrogens with one attached hydrogen (secondary N) is 2. The first-order valence-corrected chi connectivity index (χ1v) is 14.1. The third-order valence-electron chi connectivity index (χ3n) is 6.71. The quantitative estimate of drug-likeness (QED) is 0.0799. The second-order valence-corrected chi connectivity index (χ2v) is 11.3. The Kier molecular flexibility index (Phi) is 10.1. The number of carbonyl (C=O) groups excluding carboxylic acids is 3. The van der Waals surface area contributed by atoms with Gasteiger partial charge in [0.1, 0.15) is 11.4 Å².